The summed E-state index contributed by atoms with van der Waals surface area (Å²) in [4.78, 5) is 87.2. The molecule has 51 heavy (non-hydrogen) atoms. The highest BCUT2D eigenvalue weighted by Crippen LogP contribution is 2.16. The monoisotopic (exact) mass is 732 g/mol. The van der Waals surface area contributed by atoms with E-state index in [1.54, 1.807) is 0 Å². The predicted molar refractivity (Wildman–Crippen MR) is 192 cm³/mol. The summed E-state index contributed by atoms with van der Waals surface area (Å²) in [6, 6.07) is 0. The van der Waals surface area contributed by atoms with Crippen molar-refractivity contribution in [3.8, 4) is 0 Å². The molecule has 0 aliphatic carbocycles. The number of nitrogens with zero attached hydrogens (tertiary/aromatic N) is 7. The van der Waals surface area contributed by atoms with Crippen molar-refractivity contribution in [3.63, 3.8) is 0 Å². The predicted octanol–water partition coefficient (Wildman–Crippen LogP) is -5.27. The van der Waals surface area contributed by atoms with Gasteiger partial charge in [0.05, 0.1) is 53.3 Å². The highest BCUT2D eigenvalue weighted by molar-refractivity contribution is 5.82. The Hall–Kier alpha value is -3.54. The van der Waals surface area contributed by atoms with Gasteiger partial charge >= 0.3 is 0 Å². The molecule has 0 aromatic carbocycles. The minimum Gasteiger partial charge on any atom is -0.342 e. The molecule has 0 spiro atoms. The number of hydrogen-bond donors (Lipinski definition) is 8. The summed E-state index contributed by atoms with van der Waals surface area (Å²) in [6.45, 7) is 5.85. The molecule has 0 aliphatic rings. The van der Waals surface area contributed by atoms with E-state index in [9.17, 15) is 28.8 Å². The largest absolute Gasteiger partial charge is 0.342 e. The topological polar surface area (TPSA) is 333 Å². The summed E-state index contributed by atoms with van der Waals surface area (Å²) in [5.74, 6) is -1.96. The summed E-state index contributed by atoms with van der Waals surface area (Å²) in [7, 11) is 0. The molecule has 6 amide bonds. The van der Waals surface area contributed by atoms with Crippen molar-refractivity contribution in [2.24, 2.45) is 45.9 Å². The van der Waals surface area contributed by atoms with Gasteiger partial charge in [-0.05, 0) is 20.8 Å². The average Bonchev–Trinajstić information content (AvgIpc) is 3.09. The molecular weight excluding hydrogens is 666 g/mol. The highest BCUT2D eigenvalue weighted by atomic mass is 16.2. The number of nitrogens with two attached hydrogens (primary N) is 8. The standard InChI is InChI=1S/C30H65N15O6/c1-30(2,3)45(14-8-24(46)39(10-4-26(48)41(16-31)17-32)11-5-27(49)42(18-33)19-34)15-9-25(47)40(12-6-28(50)43(20-35)21-36)13-7-29(51)44(22-37)23-38/h4-23,31-38H2,1-3H3. The van der Waals surface area contributed by atoms with Crippen LogP contribution < -0.4 is 45.9 Å². The first-order valence-corrected chi connectivity index (χ1v) is 17.1. The summed E-state index contributed by atoms with van der Waals surface area (Å²) in [6.07, 6.45) is -0.145. The van der Waals surface area contributed by atoms with Crippen LogP contribution in [0.3, 0.4) is 0 Å². The Morgan fingerprint density at radius 1 is 0.333 bits per heavy atom. The van der Waals surface area contributed by atoms with Crippen molar-refractivity contribution in [1.82, 2.24) is 34.3 Å². The van der Waals surface area contributed by atoms with Gasteiger partial charge < -0.3 is 75.3 Å². The van der Waals surface area contributed by atoms with E-state index in [1.807, 2.05) is 25.7 Å². The van der Waals surface area contributed by atoms with E-state index in [0.29, 0.717) is 0 Å². The molecule has 0 atom stereocenters. The third kappa shape index (κ3) is 17.5. The fourth-order valence-corrected chi connectivity index (χ4v) is 4.95. The van der Waals surface area contributed by atoms with Crippen molar-refractivity contribution >= 4 is 35.4 Å². The minimum atomic E-state index is -0.467. The van der Waals surface area contributed by atoms with Crippen LogP contribution in [0.2, 0.25) is 0 Å². The molecule has 0 aromatic heterocycles. The van der Waals surface area contributed by atoms with Crippen molar-refractivity contribution < 1.29 is 28.8 Å². The summed E-state index contributed by atoms with van der Waals surface area (Å²) in [5, 5.41) is 0. The van der Waals surface area contributed by atoms with Gasteiger partial charge in [0.25, 0.3) is 0 Å². The third-order valence-corrected chi connectivity index (χ3v) is 8.40. The number of amides is 6. The van der Waals surface area contributed by atoms with E-state index in [4.69, 9.17) is 45.9 Å². The SMILES string of the molecule is CC(C)(C)N(CCC(=O)N(CCC(=O)N(CN)CN)CCC(=O)N(CN)CN)CCC(=O)N(CCC(=O)N(CN)CN)CCC(=O)N(CN)CN. The molecule has 0 radical (unpaired) electrons. The van der Waals surface area contributed by atoms with Crippen LogP contribution >= 0.6 is 0 Å². The van der Waals surface area contributed by atoms with Gasteiger partial charge in [-0.2, -0.15) is 0 Å². The normalized spacial score (nSPS) is 11.3. The van der Waals surface area contributed by atoms with Gasteiger partial charge in [0, 0.05) is 83.3 Å². The average molecular weight is 732 g/mol. The lowest BCUT2D eigenvalue weighted by atomic mass is 10.0. The second-order valence-corrected chi connectivity index (χ2v) is 12.6. The van der Waals surface area contributed by atoms with Crippen LogP contribution in [0.4, 0.5) is 0 Å². The molecule has 0 saturated heterocycles. The van der Waals surface area contributed by atoms with Crippen molar-refractivity contribution in [2.75, 3.05) is 92.6 Å². The molecule has 0 fully saturated rings. The molecule has 16 N–H and O–H groups in total. The quantitative estimate of drug-likeness (QED) is 0.0385. The zero-order chi connectivity index (χ0) is 39.1. The van der Waals surface area contributed by atoms with E-state index in [0.717, 1.165) is 0 Å². The van der Waals surface area contributed by atoms with Crippen LogP contribution in [0.25, 0.3) is 0 Å². The van der Waals surface area contributed by atoms with Gasteiger partial charge in [0.1, 0.15) is 0 Å². The van der Waals surface area contributed by atoms with E-state index in [2.05, 4.69) is 0 Å². The first kappa shape index (κ1) is 47.5. The van der Waals surface area contributed by atoms with Gasteiger partial charge in [-0.3, -0.25) is 33.7 Å². The minimum absolute atomic E-state index is 0.0254. The zero-order valence-corrected chi connectivity index (χ0v) is 30.8. The van der Waals surface area contributed by atoms with Gasteiger partial charge in [0.15, 0.2) is 0 Å². The van der Waals surface area contributed by atoms with Crippen molar-refractivity contribution in [1.29, 1.82) is 0 Å². The van der Waals surface area contributed by atoms with Crippen LogP contribution in [0.1, 0.15) is 59.3 Å². The summed E-state index contributed by atoms with van der Waals surface area (Å²) < 4.78 is 0. The van der Waals surface area contributed by atoms with Crippen LogP contribution in [0, 0.1) is 0 Å². The van der Waals surface area contributed by atoms with E-state index < -0.39 is 5.54 Å². The lowest BCUT2D eigenvalue weighted by Gasteiger charge is -2.36. The zero-order valence-electron chi connectivity index (χ0n) is 30.8. The molecule has 0 aliphatic heterocycles. The Morgan fingerprint density at radius 2 is 0.510 bits per heavy atom. The Labute approximate surface area is 301 Å². The number of hydrogen-bond acceptors (Lipinski definition) is 15. The fraction of sp³-hybridized carbons (Fsp3) is 0.800. The van der Waals surface area contributed by atoms with Gasteiger partial charge in [-0.25, -0.2) is 0 Å². The Bertz CT molecular complexity index is 945. The smallest absolute Gasteiger partial charge is 0.226 e. The van der Waals surface area contributed by atoms with E-state index >= 15 is 0 Å². The number of rotatable bonds is 26. The fourth-order valence-electron chi connectivity index (χ4n) is 4.95. The van der Waals surface area contributed by atoms with Gasteiger partial charge in [0.2, 0.25) is 35.4 Å². The maximum absolute atomic E-state index is 13.5. The number of carbonyl (C=O) groups excluding carboxylic acids is 6. The first-order valence-electron chi connectivity index (χ1n) is 17.1. The lowest BCUT2D eigenvalue weighted by molar-refractivity contribution is -0.137. The van der Waals surface area contributed by atoms with Crippen molar-refractivity contribution in [2.45, 2.75) is 64.8 Å². The van der Waals surface area contributed by atoms with Crippen LogP contribution in [0.15, 0.2) is 0 Å². The Morgan fingerprint density at radius 3 is 0.686 bits per heavy atom. The molecule has 0 bridgehead atoms. The van der Waals surface area contributed by atoms with Crippen molar-refractivity contribution in [3.05, 3.63) is 0 Å². The molecule has 0 unspecified atom stereocenters. The third-order valence-electron chi connectivity index (χ3n) is 8.40. The highest BCUT2D eigenvalue weighted by Gasteiger charge is 2.27. The summed E-state index contributed by atoms with van der Waals surface area (Å²) >= 11 is 0. The first-order chi connectivity index (χ1) is 24.1. The molecule has 21 nitrogen and oxygen atoms in total. The maximum Gasteiger partial charge on any atom is 0.226 e. The second-order valence-electron chi connectivity index (χ2n) is 12.6. The maximum atomic E-state index is 13.5. The van der Waals surface area contributed by atoms with Crippen LogP contribution in [-0.2, 0) is 28.8 Å². The van der Waals surface area contributed by atoms with Crippen LogP contribution in [-0.4, -0.2) is 168 Å². The Kier molecular flexibility index (Phi) is 23.7. The molecule has 0 saturated carbocycles. The van der Waals surface area contributed by atoms with E-state index in [-0.39, 0.29) is 167 Å². The van der Waals surface area contributed by atoms with E-state index in [1.165, 1.54) is 29.4 Å². The van der Waals surface area contributed by atoms with Crippen LogP contribution in [0.5, 0.6) is 0 Å². The molecule has 21 heteroatoms. The van der Waals surface area contributed by atoms with Gasteiger partial charge in [-0.15, -0.1) is 0 Å². The molecular formula is C30H65N15O6. The summed E-state index contributed by atoms with van der Waals surface area (Å²) in [5.41, 5.74) is 44.3. The molecule has 0 aromatic rings. The molecule has 0 rings (SSSR count). The number of carbonyl (C=O) groups is 6. The molecule has 0 heterocycles. The molecule has 296 valence electrons. The lowest BCUT2D eigenvalue weighted by Crippen LogP contribution is -2.47. The Balaban J connectivity index is 5.81. The second kappa shape index (κ2) is 25.4. The van der Waals surface area contributed by atoms with Gasteiger partial charge in [-0.1, -0.05) is 0 Å².